The summed E-state index contributed by atoms with van der Waals surface area (Å²) >= 11 is 4.55. The maximum atomic E-state index is 14.4. The van der Waals surface area contributed by atoms with Crippen molar-refractivity contribution >= 4 is 12.6 Å². The van der Waals surface area contributed by atoms with Gasteiger partial charge >= 0.3 is 0 Å². The highest BCUT2D eigenvalue weighted by Crippen LogP contribution is 2.36. The third-order valence-electron chi connectivity index (χ3n) is 5.07. The predicted octanol–water partition coefficient (Wildman–Crippen LogP) is 6.54. The molecule has 0 aromatic heterocycles. The fraction of sp³-hybridized carbons (Fsp3) is 0.429. The van der Waals surface area contributed by atoms with Crippen LogP contribution < -0.4 is 0 Å². The first-order chi connectivity index (χ1) is 11.6. The lowest BCUT2D eigenvalue weighted by atomic mass is 9.83. The first-order valence-electron chi connectivity index (χ1n) is 8.85. The standard InChI is InChI=1S/C21H24F2S/c1-2-3-17-10-13-19(21(23)20(17)22)16-6-4-14(5-7-16)15-8-11-18(24)12-9-15/h4-7,10,13,15,18,24H,2-3,8-9,11-12H2,1H3. The van der Waals surface area contributed by atoms with Crippen molar-refractivity contribution in [2.75, 3.05) is 0 Å². The van der Waals surface area contributed by atoms with Crippen LogP contribution >= 0.6 is 12.6 Å². The van der Waals surface area contributed by atoms with E-state index in [0.29, 0.717) is 28.7 Å². The SMILES string of the molecule is CCCc1ccc(-c2ccc(C3CCC(S)CC3)cc2)c(F)c1F. The van der Waals surface area contributed by atoms with Crippen LogP contribution in [0.1, 0.15) is 56.1 Å². The van der Waals surface area contributed by atoms with Crippen LogP contribution in [0.4, 0.5) is 8.78 Å². The van der Waals surface area contributed by atoms with Gasteiger partial charge in [0.05, 0.1) is 0 Å². The molecular weight excluding hydrogens is 322 g/mol. The Labute approximate surface area is 148 Å². The molecule has 0 nitrogen and oxygen atoms in total. The second kappa shape index (κ2) is 7.69. The van der Waals surface area contributed by atoms with Crippen molar-refractivity contribution in [2.24, 2.45) is 0 Å². The molecule has 1 fully saturated rings. The van der Waals surface area contributed by atoms with Crippen molar-refractivity contribution in [1.29, 1.82) is 0 Å². The van der Waals surface area contributed by atoms with E-state index in [1.807, 2.05) is 19.1 Å². The molecule has 0 N–H and O–H groups in total. The Hall–Kier alpha value is -1.35. The predicted molar refractivity (Wildman–Crippen MR) is 99.8 cm³/mol. The number of thiol groups is 1. The molecule has 0 amide bonds. The van der Waals surface area contributed by atoms with E-state index in [1.54, 1.807) is 12.1 Å². The average molecular weight is 346 g/mol. The molecule has 128 valence electrons. The Kier molecular flexibility index (Phi) is 5.60. The Morgan fingerprint density at radius 1 is 0.917 bits per heavy atom. The molecule has 3 rings (SSSR count). The number of halogens is 2. The van der Waals surface area contributed by atoms with Gasteiger partial charge in [-0.3, -0.25) is 0 Å². The quantitative estimate of drug-likeness (QED) is 0.597. The second-order valence-corrected chi connectivity index (χ2v) is 7.51. The summed E-state index contributed by atoms with van der Waals surface area (Å²) < 4.78 is 28.5. The van der Waals surface area contributed by atoms with Gasteiger partial charge in [-0.25, -0.2) is 8.78 Å². The van der Waals surface area contributed by atoms with Crippen LogP contribution in [-0.2, 0) is 6.42 Å². The topological polar surface area (TPSA) is 0 Å². The molecule has 0 unspecified atom stereocenters. The molecule has 1 aliphatic carbocycles. The van der Waals surface area contributed by atoms with Crippen molar-refractivity contribution in [3.05, 3.63) is 59.2 Å². The first kappa shape index (κ1) is 17.5. The molecule has 2 aromatic carbocycles. The number of aryl methyl sites for hydroxylation is 1. The summed E-state index contributed by atoms with van der Waals surface area (Å²) in [5.41, 5.74) is 2.83. The molecule has 0 bridgehead atoms. The van der Waals surface area contributed by atoms with Gasteiger partial charge in [0.1, 0.15) is 0 Å². The van der Waals surface area contributed by atoms with Crippen molar-refractivity contribution in [3.8, 4) is 11.1 Å². The maximum Gasteiger partial charge on any atom is 0.166 e. The van der Waals surface area contributed by atoms with Crippen molar-refractivity contribution in [2.45, 2.75) is 56.6 Å². The van der Waals surface area contributed by atoms with Gasteiger partial charge in [-0.1, -0.05) is 49.7 Å². The summed E-state index contributed by atoms with van der Waals surface area (Å²) in [7, 11) is 0. The number of hydrogen-bond donors (Lipinski definition) is 1. The highest BCUT2D eigenvalue weighted by molar-refractivity contribution is 7.80. The molecule has 1 aliphatic rings. The Morgan fingerprint density at radius 3 is 2.21 bits per heavy atom. The van der Waals surface area contributed by atoms with Gasteiger partial charge in [0.25, 0.3) is 0 Å². The zero-order valence-corrected chi connectivity index (χ0v) is 15.0. The van der Waals surface area contributed by atoms with Crippen molar-refractivity contribution < 1.29 is 8.78 Å². The number of rotatable bonds is 4. The normalized spacial score (nSPS) is 21.0. The Balaban J connectivity index is 1.82. The third kappa shape index (κ3) is 3.66. The zero-order chi connectivity index (χ0) is 17.1. The van der Waals surface area contributed by atoms with E-state index in [2.05, 4.69) is 24.8 Å². The minimum atomic E-state index is -0.732. The van der Waals surface area contributed by atoms with Crippen LogP contribution in [0.2, 0.25) is 0 Å². The van der Waals surface area contributed by atoms with E-state index in [4.69, 9.17) is 0 Å². The third-order valence-corrected chi connectivity index (χ3v) is 5.59. The highest BCUT2D eigenvalue weighted by Gasteiger charge is 2.20. The zero-order valence-electron chi connectivity index (χ0n) is 14.1. The van der Waals surface area contributed by atoms with Crippen LogP contribution in [-0.4, -0.2) is 5.25 Å². The van der Waals surface area contributed by atoms with E-state index < -0.39 is 11.6 Å². The summed E-state index contributed by atoms with van der Waals surface area (Å²) in [5, 5.41) is 0.527. The van der Waals surface area contributed by atoms with Gasteiger partial charge < -0.3 is 0 Å². The van der Waals surface area contributed by atoms with Gasteiger partial charge in [0.15, 0.2) is 11.6 Å². The molecule has 0 saturated heterocycles. The molecule has 0 spiro atoms. The summed E-state index contributed by atoms with van der Waals surface area (Å²) in [6.45, 7) is 1.96. The lowest BCUT2D eigenvalue weighted by Gasteiger charge is -2.26. The molecule has 0 heterocycles. The molecule has 2 aromatic rings. The van der Waals surface area contributed by atoms with Crippen LogP contribution in [0.25, 0.3) is 11.1 Å². The van der Waals surface area contributed by atoms with E-state index in [-0.39, 0.29) is 0 Å². The summed E-state index contributed by atoms with van der Waals surface area (Å²) in [5.74, 6) is -0.870. The molecule has 0 atom stereocenters. The minimum absolute atomic E-state index is 0.345. The van der Waals surface area contributed by atoms with Gasteiger partial charge in [-0.05, 0) is 54.7 Å². The molecule has 3 heteroatoms. The summed E-state index contributed by atoms with van der Waals surface area (Å²) in [6, 6.07) is 11.4. The maximum absolute atomic E-state index is 14.4. The molecular formula is C21H24F2S. The molecule has 1 saturated carbocycles. The van der Waals surface area contributed by atoms with Crippen LogP contribution in [0, 0.1) is 11.6 Å². The Bertz CT molecular complexity index is 686. The largest absolute Gasteiger partial charge is 0.203 e. The van der Waals surface area contributed by atoms with Gasteiger partial charge in [0.2, 0.25) is 0 Å². The number of benzene rings is 2. The summed E-state index contributed by atoms with van der Waals surface area (Å²) in [6.07, 6.45) is 5.97. The van der Waals surface area contributed by atoms with E-state index in [1.165, 1.54) is 5.56 Å². The van der Waals surface area contributed by atoms with Crippen molar-refractivity contribution in [1.82, 2.24) is 0 Å². The number of hydrogen-bond acceptors (Lipinski definition) is 1. The highest BCUT2D eigenvalue weighted by atomic mass is 32.1. The summed E-state index contributed by atoms with van der Waals surface area (Å²) in [4.78, 5) is 0. The van der Waals surface area contributed by atoms with Gasteiger partial charge in [-0.15, -0.1) is 0 Å². The van der Waals surface area contributed by atoms with Crippen LogP contribution in [0.5, 0.6) is 0 Å². The van der Waals surface area contributed by atoms with Gasteiger partial charge in [-0.2, -0.15) is 12.6 Å². The van der Waals surface area contributed by atoms with E-state index in [0.717, 1.165) is 37.7 Å². The van der Waals surface area contributed by atoms with Crippen molar-refractivity contribution in [3.63, 3.8) is 0 Å². The average Bonchev–Trinajstić information content (AvgIpc) is 2.60. The monoisotopic (exact) mass is 346 g/mol. The fourth-order valence-electron chi connectivity index (χ4n) is 3.62. The second-order valence-electron chi connectivity index (χ2n) is 6.78. The Morgan fingerprint density at radius 2 is 1.58 bits per heavy atom. The molecule has 0 aliphatic heterocycles. The first-order valence-corrected chi connectivity index (χ1v) is 9.37. The smallest absolute Gasteiger partial charge is 0.166 e. The molecule has 0 radical (unpaired) electrons. The van der Waals surface area contributed by atoms with Crippen LogP contribution in [0.15, 0.2) is 36.4 Å². The van der Waals surface area contributed by atoms with Gasteiger partial charge in [0, 0.05) is 10.8 Å². The minimum Gasteiger partial charge on any atom is -0.203 e. The fourth-order valence-corrected chi connectivity index (χ4v) is 3.92. The van der Waals surface area contributed by atoms with E-state index >= 15 is 0 Å². The lowest BCUT2D eigenvalue weighted by Crippen LogP contribution is -2.12. The van der Waals surface area contributed by atoms with E-state index in [9.17, 15) is 8.78 Å². The lowest BCUT2D eigenvalue weighted by molar-refractivity contribution is 0.454. The molecule has 24 heavy (non-hydrogen) atoms. The van der Waals surface area contributed by atoms with Crippen LogP contribution in [0.3, 0.4) is 0 Å².